The topological polar surface area (TPSA) is 53.1 Å². The zero-order valence-corrected chi connectivity index (χ0v) is 11.4. The Bertz CT molecular complexity index is 716. The summed E-state index contributed by atoms with van der Waals surface area (Å²) in [7, 11) is 1.71. The lowest BCUT2D eigenvalue weighted by Gasteiger charge is -2.08. The summed E-state index contributed by atoms with van der Waals surface area (Å²) in [6, 6.07) is 15.9. The molecule has 1 aromatic heterocycles. The molecule has 0 fully saturated rings. The summed E-state index contributed by atoms with van der Waals surface area (Å²) in [5.74, 6) is 0.947. The fraction of sp³-hybridized carbons (Fsp3) is 0.188. The van der Waals surface area contributed by atoms with Crippen molar-refractivity contribution < 1.29 is 4.74 Å². The van der Waals surface area contributed by atoms with E-state index in [1.165, 1.54) is 0 Å². The van der Waals surface area contributed by atoms with Crippen LogP contribution in [0.4, 0.5) is 5.69 Å². The minimum absolute atomic E-state index is 0.655. The van der Waals surface area contributed by atoms with Gasteiger partial charge in [0.05, 0.1) is 17.6 Å². The first kappa shape index (κ1) is 12.7. The number of imidazole rings is 1. The van der Waals surface area contributed by atoms with Crippen LogP contribution in [0.5, 0.6) is 0 Å². The van der Waals surface area contributed by atoms with Gasteiger partial charge in [0, 0.05) is 24.9 Å². The molecule has 0 saturated carbocycles. The highest BCUT2D eigenvalue weighted by molar-refractivity contribution is 5.80. The summed E-state index contributed by atoms with van der Waals surface area (Å²) < 4.78 is 7.39. The van der Waals surface area contributed by atoms with Gasteiger partial charge in [-0.15, -0.1) is 0 Å². The highest BCUT2D eigenvalue weighted by Gasteiger charge is 2.11. The molecule has 20 heavy (non-hydrogen) atoms. The predicted octanol–water partition coefficient (Wildman–Crippen LogP) is 2.93. The van der Waals surface area contributed by atoms with Crippen LogP contribution in [0.2, 0.25) is 0 Å². The van der Waals surface area contributed by atoms with Crippen molar-refractivity contribution in [3.8, 4) is 11.4 Å². The number of aromatic nitrogens is 2. The normalized spacial score (nSPS) is 11.1. The lowest BCUT2D eigenvalue weighted by atomic mass is 10.2. The minimum atomic E-state index is 0.655. The summed E-state index contributed by atoms with van der Waals surface area (Å²) in [4.78, 5) is 4.73. The predicted molar refractivity (Wildman–Crippen MR) is 81.5 cm³/mol. The van der Waals surface area contributed by atoms with E-state index >= 15 is 0 Å². The number of rotatable bonds is 4. The maximum Gasteiger partial charge on any atom is 0.141 e. The number of benzene rings is 2. The third kappa shape index (κ3) is 2.26. The molecule has 0 aliphatic heterocycles. The Labute approximate surface area is 117 Å². The third-order valence-electron chi connectivity index (χ3n) is 3.34. The molecule has 0 unspecified atom stereocenters. The molecule has 0 atom stereocenters. The first-order valence-electron chi connectivity index (χ1n) is 6.59. The summed E-state index contributed by atoms with van der Waals surface area (Å²) >= 11 is 0. The van der Waals surface area contributed by atoms with E-state index in [9.17, 15) is 0 Å². The standard InChI is InChI=1S/C16H17N3O/c1-20-11-10-19-15-5-3-2-4-14(15)18-16(19)12-6-8-13(17)9-7-12/h2-9H,10-11,17H2,1H3. The van der Waals surface area contributed by atoms with Crippen molar-refractivity contribution in [2.24, 2.45) is 0 Å². The molecule has 0 bridgehead atoms. The SMILES string of the molecule is COCCn1c(-c2ccc(N)cc2)nc2ccccc21. The Kier molecular flexibility index (Phi) is 3.39. The van der Waals surface area contributed by atoms with Gasteiger partial charge in [-0.05, 0) is 36.4 Å². The van der Waals surface area contributed by atoms with Gasteiger partial charge < -0.3 is 15.0 Å². The second-order valence-corrected chi connectivity index (χ2v) is 4.69. The number of nitrogens with zero attached hydrogens (tertiary/aromatic N) is 2. The van der Waals surface area contributed by atoms with Crippen molar-refractivity contribution in [2.75, 3.05) is 19.5 Å². The lowest BCUT2D eigenvalue weighted by molar-refractivity contribution is 0.188. The van der Waals surface area contributed by atoms with Gasteiger partial charge in [0.2, 0.25) is 0 Å². The van der Waals surface area contributed by atoms with E-state index in [1.54, 1.807) is 7.11 Å². The molecule has 2 aromatic carbocycles. The number of para-hydroxylation sites is 2. The number of fused-ring (bicyclic) bond motifs is 1. The van der Waals surface area contributed by atoms with E-state index < -0.39 is 0 Å². The molecule has 0 aliphatic carbocycles. The summed E-state index contributed by atoms with van der Waals surface area (Å²) in [6.07, 6.45) is 0. The molecule has 1 heterocycles. The van der Waals surface area contributed by atoms with Crippen LogP contribution in [0.3, 0.4) is 0 Å². The molecule has 3 aromatic rings. The van der Waals surface area contributed by atoms with Gasteiger partial charge in [-0.2, -0.15) is 0 Å². The monoisotopic (exact) mass is 267 g/mol. The highest BCUT2D eigenvalue weighted by Crippen LogP contribution is 2.25. The maximum absolute atomic E-state index is 5.75. The van der Waals surface area contributed by atoms with Crippen molar-refractivity contribution in [3.63, 3.8) is 0 Å². The molecule has 0 spiro atoms. The molecular weight excluding hydrogens is 250 g/mol. The molecule has 102 valence electrons. The Hall–Kier alpha value is -2.33. The number of anilines is 1. The average molecular weight is 267 g/mol. The molecule has 0 aliphatic rings. The quantitative estimate of drug-likeness (QED) is 0.739. The van der Waals surface area contributed by atoms with Gasteiger partial charge in [-0.1, -0.05) is 12.1 Å². The first-order chi connectivity index (χ1) is 9.79. The number of hydrogen-bond donors (Lipinski definition) is 1. The molecule has 0 radical (unpaired) electrons. The first-order valence-corrected chi connectivity index (χ1v) is 6.59. The molecule has 0 saturated heterocycles. The largest absolute Gasteiger partial charge is 0.399 e. The van der Waals surface area contributed by atoms with Crippen LogP contribution in [0, 0.1) is 0 Å². The van der Waals surface area contributed by atoms with Crippen LogP contribution >= 0.6 is 0 Å². The second kappa shape index (κ2) is 5.35. The summed E-state index contributed by atoms with van der Waals surface area (Å²) in [5, 5.41) is 0. The molecule has 4 nitrogen and oxygen atoms in total. The number of nitrogen functional groups attached to an aromatic ring is 1. The van der Waals surface area contributed by atoms with Crippen LogP contribution in [-0.4, -0.2) is 23.3 Å². The zero-order chi connectivity index (χ0) is 13.9. The fourth-order valence-corrected chi connectivity index (χ4v) is 2.34. The fourth-order valence-electron chi connectivity index (χ4n) is 2.34. The average Bonchev–Trinajstić information content (AvgIpc) is 2.84. The molecular formula is C16H17N3O. The van der Waals surface area contributed by atoms with E-state index in [4.69, 9.17) is 15.5 Å². The third-order valence-corrected chi connectivity index (χ3v) is 3.34. The van der Waals surface area contributed by atoms with Crippen molar-refractivity contribution in [2.45, 2.75) is 6.54 Å². The summed E-state index contributed by atoms with van der Waals surface area (Å²) in [6.45, 7) is 1.43. The van der Waals surface area contributed by atoms with Crippen LogP contribution in [-0.2, 0) is 11.3 Å². The van der Waals surface area contributed by atoms with Gasteiger partial charge in [0.25, 0.3) is 0 Å². The number of ether oxygens (including phenoxy) is 1. The van der Waals surface area contributed by atoms with Crippen LogP contribution < -0.4 is 5.73 Å². The van der Waals surface area contributed by atoms with Crippen molar-refractivity contribution in [1.82, 2.24) is 9.55 Å². The Morgan fingerprint density at radius 1 is 1.10 bits per heavy atom. The van der Waals surface area contributed by atoms with Crippen LogP contribution in [0.1, 0.15) is 0 Å². The number of nitrogens with two attached hydrogens (primary N) is 1. The van der Waals surface area contributed by atoms with Crippen molar-refractivity contribution >= 4 is 16.7 Å². The Morgan fingerprint density at radius 3 is 2.60 bits per heavy atom. The van der Waals surface area contributed by atoms with Gasteiger partial charge in [-0.3, -0.25) is 0 Å². The Morgan fingerprint density at radius 2 is 1.85 bits per heavy atom. The van der Waals surface area contributed by atoms with E-state index in [0.29, 0.717) is 6.61 Å². The highest BCUT2D eigenvalue weighted by atomic mass is 16.5. The van der Waals surface area contributed by atoms with Gasteiger partial charge >= 0.3 is 0 Å². The van der Waals surface area contributed by atoms with Crippen molar-refractivity contribution in [3.05, 3.63) is 48.5 Å². The van der Waals surface area contributed by atoms with Gasteiger partial charge in [0.15, 0.2) is 0 Å². The Balaban J connectivity index is 2.15. The van der Waals surface area contributed by atoms with Crippen LogP contribution in [0.25, 0.3) is 22.4 Å². The number of hydrogen-bond acceptors (Lipinski definition) is 3. The van der Waals surface area contributed by atoms with E-state index in [-0.39, 0.29) is 0 Å². The molecule has 0 amide bonds. The number of methoxy groups -OCH3 is 1. The molecule has 3 rings (SSSR count). The van der Waals surface area contributed by atoms with Gasteiger partial charge in [-0.25, -0.2) is 4.98 Å². The van der Waals surface area contributed by atoms with E-state index in [1.807, 2.05) is 42.5 Å². The lowest BCUT2D eigenvalue weighted by Crippen LogP contribution is -2.05. The minimum Gasteiger partial charge on any atom is -0.399 e. The maximum atomic E-state index is 5.75. The van der Waals surface area contributed by atoms with Gasteiger partial charge in [0.1, 0.15) is 5.82 Å². The smallest absolute Gasteiger partial charge is 0.141 e. The van der Waals surface area contributed by atoms with E-state index in [0.717, 1.165) is 34.7 Å². The van der Waals surface area contributed by atoms with E-state index in [2.05, 4.69) is 10.6 Å². The molecule has 2 N–H and O–H groups in total. The summed E-state index contributed by atoms with van der Waals surface area (Å²) in [5.41, 5.74) is 9.69. The zero-order valence-electron chi connectivity index (χ0n) is 11.4. The van der Waals surface area contributed by atoms with Crippen molar-refractivity contribution in [1.29, 1.82) is 0 Å². The second-order valence-electron chi connectivity index (χ2n) is 4.69. The molecule has 4 heteroatoms. The van der Waals surface area contributed by atoms with Crippen LogP contribution in [0.15, 0.2) is 48.5 Å².